The summed E-state index contributed by atoms with van der Waals surface area (Å²) in [5.74, 6) is 0.612. The zero-order valence-corrected chi connectivity index (χ0v) is 11.2. The summed E-state index contributed by atoms with van der Waals surface area (Å²) in [6.45, 7) is 0. The molecule has 2 aromatic rings. The standard InChI is InChI=1S/C16H18N2O2/c17-16(9-5-10-16)15(19)18-14(13-8-4-11-20-13)12-6-2-1-3-7-12/h1-4,6-8,11,14H,5,9-10,17H2,(H,18,19). The predicted molar refractivity (Wildman–Crippen MR) is 75.9 cm³/mol. The van der Waals surface area contributed by atoms with Crippen LogP contribution in [-0.2, 0) is 4.79 Å². The fourth-order valence-corrected chi connectivity index (χ4v) is 2.48. The SMILES string of the molecule is NC1(C(=O)NC(c2ccccc2)c2ccco2)CCC1. The first kappa shape index (κ1) is 12.9. The van der Waals surface area contributed by atoms with E-state index in [0.29, 0.717) is 5.76 Å². The summed E-state index contributed by atoms with van der Waals surface area (Å²) in [7, 11) is 0. The minimum Gasteiger partial charge on any atom is -0.467 e. The smallest absolute Gasteiger partial charge is 0.240 e. The lowest BCUT2D eigenvalue weighted by Crippen LogP contribution is -2.59. The Kier molecular flexibility index (Phi) is 3.32. The van der Waals surface area contributed by atoms with Crippen LogP contribution >= 0.6 is 0 Å². The monoisotopic (exact) mass is 270 g/mol. The number of nitrogens with one attached hydrogen (secondary N) is 1. The van der Waals surface area contributed by atoms with Crippen molar-refractivity contribution in [3.8, 4) is 0 Å². The van der Waals surface area contributed by atoms with Gasteiger partial charge in [-0.1, -0.05) is 30.3 Å². The van der Waals surface area contributed by atoms with Gasteiger partial charge >= 0.3 is 0 Å². The lowest BCUT2D eigenvalue weighted by Gasteiger charge is -2.37. The number of hydrogen-bond donors (Lipinski definition) is 2. The van der Waals surface area contributed by atoms with Crippen LogP contribution in [0.3, 0.4) is 0 Å². The molecule has 0 spiro atoms. The molecule has 1 aliphatic rings. The van der Waals surface area contributed by atoms with Crippen molar-refractivity contribution in [3.63, 3.8) is 0 Å². The summed E-state index contributed by atoms with van der Waals surface area (Å²) in [5, 5.41) is 3.02. The van der Waals surface area contributed by atoms with Gasteiger partial charge in [0.15, 0.2) is 0 Å². The average Bonchev–Trinajstić information content (AvgIpc) is 2.96. The molecule has 4 heteroatoms. The minimum absolute atomic E-state index is 0.103. The van der Waals surface area contributed by atoms with Gasteiger partial charge in [0.25, 0.3) is 0 Å². The van der Waals surface area contributed by atoms with Crippen molar-refractivity contribution < 1.29 is 9.21 Å². The van der Waals surface area contributed by atoms with Crippen LogP contribution in [0.25, 0.3) is 0 Å². The second-order valence-corrected chi connectivity index (χ2v) is 5.34. The molecular weight excluding hydrogens is 252 g/mol. The fraction of sp³-hybridized carbons (Fsp3) is 0.312. The van der Waals surface area contributed by atoms with Crippen molar-refractivity contribution in [3.05, 3.63) is 60.1 Å². The minimum atomic E-state index is -0.709. The Morgan fingerprint density at radius 2 is 1.95 bits per heavy atom. The molecule has 1 atom stereocenters. The van der Waals surface area contributed by atoms with Gasteiger partial charge in [0.1, 0.15) is 11.8 Å². The number of hydrogen-bond acceptors (Lipinski definition) is 3. The summed E-state index contributed by atoms with van der Waals surface area (Å²) in [5.41, 5.74) is 6.36. The van der Waals surface area contributed by atoms with Crippen molar-refractivity contribution in [2.75, 3.05) is 0 Å². The van der Waals surface area contributed by atoms with E-state index in [1.165, 1.54) is 0 Å². The van der Waals surface area contributed by atoms with Crippen LogP contribution in [0.4, 0.5) is 0 Å². The van der Waals surface area contributed by atoms with Crippen LogP contribution < -0.4 is 11.1 Å². The number of nitrogens with two attached hydrogens (primary N) is 1. The van der Waals surface area contributed by atoms with Gasteiger partial charge in [0.05, 0.1) is 11.8 Å². The van der Waals surface area contributed by atoms with Crippen molar-refractivity contribution in [1.82, 2.24) is 5.32 Å². The second-order valence-electron chi connectivity index (χ2n) is 5.34. The van der Waals surface area contributed by atoms with Gasteiger partial charge in [-0.2, -0.15) is 0 Å². The van der Waals surface area contributed by atoms with Gasteiger partial charge in [0.2, 0.25) is 5.91 Å². The third-order valence-electron chi connectivity index (χ3n) is 3.93. The molecular formula is C16H18N2O2. The molecule has 1 aromatic carbocycles. The Morgan fingerprint density at radius 1 is 1.20 bits per heavy atom. The Morgan fingerprint density at radius 3 is 2.50 bits per heavy atom. The van der Waals surface area contributed by atoms with Crippen LogP contribution in [0.1, 0.15) is 36.6 Å². The Bertz CT molecular complexity index is 574. The highest BCUT2D eigenvalue weighted by atomic mass is 16.3. The first-order valence-electron chi connectivity index (χ1n) is 6.87. The molecule has 1 saturated carbocycles. The van der Waals surface area contributed by atoms with E-state index in [4.69, 9.17) is 10.2 Å². The molecule has 1 heterocycles. The summed E-state index contributed by atoms with van der Waals surface area (Å²) in [4.78, 5) is 12.3. The van der Waals surface area contributed by atoms with Crippen molar-refractivity contribution >= 4 is 5.91 Å². The van der Waals surface area contributed by atoms with E-state index in [9.17, 15) is 4.79 Å². The number of furan rings is 1. The zero-order valence-electron chi connectivity index (χ0n) is 11.2. The van der Waals surface area contributed by atoms with Gasteiger partial charge in [-0.05, 0) is 37.0 Å². The first-order chi connectivity index (χ1) is 9.69. The van der Waals surface area contributed by atoms with Crippen molar-refractivity contribution in [2.24, 2.45) is 5.73 Å². The molecule has 104 valence electrons. The quantitative estimate of drug-likeness (QED) is 0.896. The second kappa shape index (κ2) is 5.13. The molecule has 1 fully saturated rings. The van der Waals surface area contributed by atoms with E-state index in [1.807, 2.05) is 42.5 Å². The molecule has 3 N–H and O–H groups in total. The third kappa shape index (κ3) is 2.34. The summed E-state index contributed by atoms with van der Waals surface area (Å²) >= 11 is 0. The van der Waals surface area contributed by atoms with Crippen LogP contribution in [0.5, 0.6) is 0 Å². The molecule has 3 rings (SSSR count). The molecule has 0 radical (unpaired) electrons. The molecule has 1 aliphatic carbocycles. The summed E-state index contributed by atoms with van der Waals surface area (Å²) < 4.78 is 5.46. The largest absolute Gasteiger partial charge is 0.467 e. The predicted octanol–water partition coefficient (Wildman–Crippen LogP) is 2.37. The maximum Gasteiger partial charge on any atom is 0.240 e. The number of carbonyl (C=O) groups is 1. The molecule has 1 amide bonds. The third-order valence-corrected chi connectivity index (χ3v) is 3.93. The topological polar surface area (TPSA) is 68.3 Å². The Labute approximate surface area is 118 Å². The van der Waals surface area contributed by atoms with E-state index in [-0.39, 0.29) is 11.9 Å². The number of carbonyl (C=O) groups excluding carboxylic acids is 1. The molecule has 4 nitrogen and oxygen atoms in total. The lowest BCUT2D eigenvalue weighted by molar-refractivity contribution is -0.129. The first-order valence-corrected chi connectivity index (χ1v) is 6.87. The zero-order chi connectivity index (χ0) is 14.0. The fourth-order valence-electron chi connectivity index (χ4n) is 2.48. The van der Waals surface area contributed by atoms with Crippen LogP contribution in [-0.4, -0.2) is 11.4 Å². The highest BCUT2D eigenvalue weighted by molar-refractivity contribution is 5.87. The van der Waals surface area contributed by atoms with E-state index in [0.717, 1.165) is 24.8 Å². The van der Waals surface area contributed by atoms with Gasteiger partial charge in [0, 0.05) is 0 Å². The van der Waals surface area contributed by atoms with Gasteiger partial charge < -0.3 is 15.5 Å². The van der Waals surface area contributed by atoms with Crippen LogP contribution in [0.2, 0.25) is 0 Å². The van der Waals surface area contributed by atoms with Crippen LogP contribution in [0.15, 0.2) is 53.1 Å². The number of amides is 1. The maximum atomic E-state index is 12.3. The Balaban J connectivity index is 1.85. The van der Waals surface area contributed by atoms with E-state index >= 15 is 0 Å². The van der Waals surface area contributed by atoms with E-state index in [1.54, 1.807) is 6.26 Å². The van der Waals surface area contributed by atoms with Gasteiger partial charge in [-0.25, -0.2) is 0 Å². The highest BCUT2D eigenvalue weighted by Gasteiger charge is 2.41. The normalized spacial score (nSPS) is 18.1. The maximum absolute atomic E-state index is 12.3. The molecule has 0 saturated heterocycles. The molecule has 0 aliphatic heterocycles. The Hall–Kier alpha value is -2.07. The van der Waals surface area contributed by atoms with Crippen molar-refractivity contribution in [1.29, 1.82) is 0 Å². The molecule has 1 aromatic heterocycles. The average molecular weight is 270 g/mol. The lowest BCUT2D eigenvalue weighted by atomic mass is 9.77. The van der Waals surface area contributed by atoms with Gasteiger partial charge in [-0.3, -0.25) is 4.79 Å². The van der Waals surface area contributed by atoms with E-state index < -0.39 is 5.54 Å². The summed E-state index contributed by atoms with van der Waals surface area (Å²) in [6.07, 6.45) is 4.12. The molecule has 0 bridgehead atoms. The summed E-state index contributed by atoms with van der Waals surface area (Å²) in [6, 6.07) is 13.2. The van der Waals surface area contributed by atoms with E-state index in [2.05, 4.69) is 5.32 Å². The van der Waals surface area contributed by atoms with Crippen LogP contribution in [0, 0.1) is 0 Å². The highest BCUT2D eigenvalue weighted by Crippen LogP contribution is 2.31. The molecule has 1 unspecified atom stereocenters. The number of rotatable bonds is 4. The number of benzene rings is 1. The molecule has 20 heavy (non-hydrogen) atoms. The van der Waals surface area contributed by atoms with Gasteiger partial charge in [-0.15, -0.1) is 0 Å². The van der Waals surface area contributed by atoms with Crippen molar-refractivity contribution in [2.45, 2.75) is 30.8 Å².